The van der Waals surface area contributed by atoms with Crippen LogP contribution in [-0.4, -0.2) is 37.3 Å². The summed E-state index contributed by atoms with van der Waals surface area (Å²) in [5.74, 6) is 1.06. The van der Waals surface area contributed by atoms with Gasteiger partial charge in [0, 0.05) is 42.8 Å². The van der Waals surface area contributed by atoms with Gasteiger partial charge in [0.15, 0.2) is 0 Å². The van der Waals surface area contributed by atoms with Gasteiger partial charge in [-0.2, -0.15) is 0 Å². The van der Waals surface area contributed by atoms with Crippen molar-refractivity contribution in [3.05, 3.63) is 41.1 Å². The molecule has 0 saturated heterocycles. The van der Waals surface area contributed by atoms with Gasteiger partial charge in [0.05, 0.1) is 11.1 Å². The molecule has 0 amide bonds. The Balaban J connectivity index is 1.84. The van der Waals surface area contributed by atoms with Gasteiger partial charge in [-0.05, 0) is 56.5 Å². The number of pyridine rings is 2. The Morgan fingerprint density at radius 1 is 1.31 bits per heavy atom. The molecule has 29 heavy (non-hydrogen) atoms. The van der Waals surface area contributed by atoms with Crippen LogP contribution in [0.4, 0.5) is 11.8 Å². The normalized spacial score (nSPS) is 19.2. The summed E-state index contributed by atoms with van der Waals surface area (Å²) in [5.41, 5.74) is 6.95. The second-order valence-corrected chi connectivity index (χ2v) is 7.98. The second-order valence-electron chi connectivity index (χ2n) is 7.98. The number of fused-ring (bicyclic) bond motifs is 1. The summed E-state index contributed by atoms with van der Waals surface area (Å²) in [4.78, 5) is 26.1. The molecule has 0 aliphatic heterocycles. The van der Waals surface area contributed by atoms with Gasteiger partial charge in [-0.25, -0.2) is 15.0 Å². The Morgan fingerprint density at radius 2 is 2.07 bits per heavy atom. The lowest BCUT2D eigenvalue weighted by molar-refractivity contribution is 0.229. The van der Waals surface area contributed by atoms with Crippen molar-refractivity contribution in [2.45, 2.75) is 45.2 Å². The van der Waals surface area contributed by atoms with E-state index in [-0.39, 0.29) is 30.2 Å². The van der Waals surface area contributed by atoms with E-state index in [1.807, 2.05) is 32.2 Å². The number of rotatable bonds is 5. The summed E-state index contributed by atoms with van der Waals surface area (Å²) in [6.07, 6.45) is 7.85. The highest BCUT2D eigenvalue weighted by molar-refractivity contribution is 5.94. The van der Waals surface area contributed by atoms with E-state index in [1.165, 1.54) is 0 Å². The average molecular weight is 394 g/mol. The van der Waals surface area contributed by atoms with Gasteiger partial charge in [-0.1, -0.05) is 0 Å². The third kappa shape index (κ3) is 3.80. The van der Waals surface area contributed by atoms with E-state index in [2.05, 4.69) is 15.3 Å². The number of aliphatic hydroxyl groups excluding tert-OH is 1. The number of hydrogen-bond donors (Lipinski definition) is 3. The molecule has 2 atom stereocenters. The van der Waals surface area contributed by atoms with Crippen LogP contribution in [0.1, 0.15) is 39.2 Å². The molecule has 3 heterocycles. The first-order valence-electron chi connectivity index (χ1n) is 9.97. The molecular formula is C21H26N6O2. The largest absolute Gasteiger partial charge is 0.396 e. The van der Waals surface area contributed by atoms with E-state index >= 15 is 0 Å². The minimum Gasteiger partial charge on any atom is -0.396 e. The third-order valence-corrected chi connectivity index (χ3v) is 5.58. The van der Waals surface area contributed by atoms with Gasteiger partial charge in [-0.3, -0.25) is 4.79 Å². The number of aliphatic hydroxyl groups is 1. The van der Waals surface area contributed by atoms with Gasteiger partial charge in [-0.15, -0.1) is 0 Å². The number of nitrogen functional groups attached to an aromatic ring is 1. The number of hydrogen-bond acceptors (Lipinski definition) is 7. The summed E-state index contributed by atoms with van der Waals surface area (Å²) in [6, 6.07) is 4.05. The molecule has 0 bridgehead atoms. The van der Waals surface area contributed by atoms with Crippen LogP contribution >= 0.6 is 0 Å². The van der Waals surface area contributed by atoms with E-state index in [1.54, 1.807) is 17.0 Å². The van der Waals surface area contributed by atoms with E-state index in [4.69, 9.17) is 10.7 Å². The van der Waals surface area contributed by atoms with Gasteiger partial charge < -0.3 is 20.7 Å². The molecule has 0 spiro atoms. The maximum Gasteiger partial charge on any atom is 0.262 e. The monoisotopic (exact) mass is 394 g/mol. The van der Waals surface area contributed by atoms with Crippen molar-refractivity contribution in [3.63, 3.8) is 0 Å². The summed E-state index contributed by atoms with van der Waals surface area (Å²) >= 11 is 0. The molecule has 3 aromatic heterocycles. The van der Waals surface area contributed by atoms with Crippen LogP contribution in [0.25, 0.3) is 22.0 Å². The van der Waals surface area contributed by atoms with Crippen molar-refractivity contribution in [2.75, 3.05) is 17.7 Å². The third-order valence-electron chi connectivity index (χ3n) is 5.58. The van der Waals surface area contributed by atoms with Crippen LogP contribution < -0.4 is 16.6 Å². The Kier molecular flexibility index (Phi) is 5.19. The molecule has 2 unspecified atom stereocenters. The molecule has 0 aromatic carbocycles. The highest BCUT2D eigenvalue weighted by Crippen LogP contribution is 2.31. The second kappa shape index (κ2) is 7.79. The molecule has 0 radical (unpaired) electrons. The fraction of sp³-hybridized carbons (Fsp3) is 0.429. The van der Waals surface area contributed by atoms with Gasteiger partial charge in [0.1, 0.15) is 5.82 Å². The Bertz CT molecular complexity index is 1080. The zero-order chi connectivity index (χ0) is 20.5. The molecule has 152 valence electrons. The first kappa shape index (κ1) is 19.3. The molecule has 8 nitrogen and oxygen atoms in total. The van der Waals surface area contributed by atoms with Crippen molar-refractivity contribution < 1.29 is 5.11 Å². The molecule has 3 aromatic rings. The zero-order valence-electron chi connectivity index (χ0n) is 16.7. The van der Waals surface area contributed by atoms with Crippen LogP contribution in [0.2, 0.25) is 0 Å². The number of anilines is 2. The van der Waals surface area contributed by atoms with E-state index in [0.29, 0.717) is 22.8 Å². The summed E-state index contributed by atoms with van der Waals surface area (Å²) in [7, 11) is 0. The fourth-order valence-electron chi connectivity index (χ4n) is 3.97. The standard InChI is InChI=1S/C21H26N6O2/c1-12(2)27-6-5-14-8-17(15-9-23-21(22)24-10-15)26-19(18(14)20(27)29)25-16-4-3-13(7-16)11-28/h5-6,8-10,12-13,16,28H,3-4,7,11H2,1-2H3,(H,25,26)(H2,22,23,24). The number of nitrogens with two attached hydrogens (primary N) is 1. The van der Waals surface area contributed by atoms with E-state index in [9.17, 15) is 9.90 Å². The topological polar surface area (TPSA) is 119 Å². The molecule has 1 saturated carbocycles. The Morgan fingerprint density at radius 3 is 2.72 bits per heavy atom. The summed E-state index contributed by atoms with van der Waals surface area (Å²) in [6.45, 7) is 4.16. The minimum absolute atomic E-state index is 0.0511. The van der Waals surface area contributed by atoms with E-state index < -0.39 is 0 Å². The van der Waals surface area contributed by atoms with Crippen molar-refractivity contribution in [1.82, 2.24) is 19.5 Å². The van der Waals surface area contributed by atoms with Crippen molar-refractivity contribution in [3.8, 4) is 11.3 Å². The van der Waals surface area contributed by atoms with Crippen molar-refractivity contribution in [2.24, 2.45) is 5.92 Å². The van der Waals surface area contributed by atoms with Crippen molar-refractivity contribution >= 4 is 22.5 Å². The highest BCUT2D eigenvalue weighted by Gasteiger charge is 2.25. The molecular weight excluding hydrogens is 368 g/mol. The summed E-state index contributed by atoms with van der Waals surface area (Å²) < 4.78 is 1.71. The molecule has 4 rings (SSSR count). The number of nitrogens with zero attached hydrogens (tertiary/aromatic N) is 4. The van der Waals surface area contributed by atoms with Gasteiger partial charge >= 0.3 is 0 Å². The number of aromatic nitrogens is 4. The maximum atomic E-state index is 13.2. The van der Waals surface area contributed by atoms with E-state index in [0.717, 1.165) is 30.2 Å². The first-order chi connectivity index (χ1) is 14.0. The zero-order valence-corrected chi connectivity index (χ0v) is 16.7. The maximum absolute atomic E-state index is 13.2. The predicted octanol–water partition coefficient (Wildman–Crippen LogP) is 2.59. The SMILES string of the molecule is CC(C)n1ccc2cc(-c3cnc(N)nc3)nc(NC3CCC(CO)C3)c2c1=O. The lowest BCUT2D eigenvalue weighted by atomic mass is 10.1. The van der Waals surface area contributed by atoms with Crippen LogP contribution in [0.15, 0.2) is 35.5 Å². The van der Waals surface area contributed by atoms with Crippen LogP contribution in [0, 0.1) is 5.92 Å². The molecule has 8 heteroatoms. The van der Waals surface area contributed by atoms with Gasteiger partial charge in [0.25, 0.3) is 5.56 Å². The molecule has 4 N–H and O–H groups in total. The van der Waals surface area contributed by atoms with Crippen LogP contribution in [-0.2, 0) is 0 Å². The van der Waals surface area contributed by atoms with Gasteiger partial charge in [0.2, 0.25) is 5.95 Å². The lowest BCUT2D eigenvalue weighted by Gasteiger charge is -2.18. The van der Waals surface area contributed by atoms with Crippen LogP contribution in [0.5, 0.6) is 0 Å². The lowest BCUT2D eigenvalue weighted by Crippen LogP contribution is -2.24. The predicted molar refractivity (Wildman–Crippen MR) is 114 cm³/mol. The molecule has 1 fully saturated rings. The summed E-state index contributed by atoms with van der Waals surface area (Å²) in [5, 5.41) is 14.3. The molecule has 1 aliphatic rings. The highest BCUT2D eigenvalue weighted by atomic mass is 16.3. The average Bonchev–Trinajstić information content (AvgIpc) is 3.15. The quantitative estimate of drug-likeness (QED) is 0.608. The number of nitrogens with one attached hydrogen (secondary N) is 1. The fourth-order valence-corrected chi connectivity index (χ4v) is 3.97. The Hall–Kier alpha value is -3.00. The van der Waals surface area contributed by atoms with Crippen molar-refractivity contribution in [1.29, 1.82) is 0 Å². The first-order valence-corrected chi connectivity index (χ1v) is 9.97. The molecule has 1 aliphatic carbocycles. The Labute approximate surface area is 168 Å². The smallest absolute Gasteiger partial charge is 0.262 e. The minimum atomic E-state index is -0.0655. The van der Waals surface area contributed by atoms with Crippen LogP contribution in [0.3, 0.4) is 0 Å².